The maximum atomic E-state index is 12.1. The normalized spacial score (nSPS) is 19.7. The van der Waals surface area contributed by atoms with Crippen molar-refractivity contribution in [3.63, 3.8) is 0 Å². The SMILES string of the molecule is CC(C)N1CCCCC1c1cccnc1NC(=O)OC(C)(C)C. The first-order chi connectivity index (χ1) is 10.8. The van der Waals surface area contributed by atoms with E-state index in [0.717, 1.165) is 18.5 Å². The summed E-state index contributed by atoms with van der Waals surface area (Å²) in [6.07, 6.45) is 4.77. The molecular formula is C18H29N3O2. The van der Waals surface area contributed by atoms with Gasteiger partial charge in [-0.25, -0.2) is 9.78 Å². The molecule has 0 saturated carbocycles. The van der Waals surface area contributed by atoms with Gasteiger partial charge in [-0.05, 0) is 60.1 Å². The third-order valence-electron chi connectivity index (χ3n) is 4.02. The fourth-order valence-electron chi connectivity index (χ4n) is 3.10. The van der Waals surface area contributed by atoms with Crippen LogP contribution < -0.4 is 5.32 Å². The molecule has 1 aromatic heterocycles. The van der Waals surface area contributed by atoms with Crippen molar-refractivity contribution < 1.29 is 9.53 Å². The third-order valence-corrected chi connectivity index (χ3v) is 4.02. The van der Waals surface area contributed by atoms with E-state index in [2.05, 4.69) is 35.1 Å². The lowest BCUT2D eigenvalue weighted by Gasteiger charge is -2.39. The number of rotatable bonds is 3. The van der Waals surface area contributed by atoms with E-state index in [1.54, 1.807) is 6.20 Å². The highest BCUT2D eigenvalue weighted by molar-refractivity contribution is 5.84. The van der Waals surface area contributed by atoms with Gasteiger partial charge in [0.1, 0.15) is 11.4 Å². The smallest absolute Gasteiger partial charge is 0.413 e. The van der Waals surface area contributed by atoms with Crippen molar-refractivity contribution in [3.05, 3.63) is 23.9 Å². The minimum absolute atomic E-state index is 0.294. The molecule has 1 aliphatic heterocycles. The zero-order valence-corrected chi connectivity index (χ0v) is 14.9. The van der Waals surface area contributed by atoms with E-state index >= 15 is 0 Å². The average Bonchev–Trinajstić information content (AvgIpc) is 2.45. The number of piperidine rings is 1. The number of nitrogens with one attached hydrogen (secondary N) is 1. The van der Waals surface area contributed by atoms with E-state index < -0.39 is 11.7 Å². The van der Waals surface area contributed by atoms with E-state index in [9.17, 15) is 4.79 Å². The highest BCUT2D eigenvalue weighted by atomic mass is 16.6. The highest BCUT2D eigenvalue weighted by Crippen LogP contribution is 2.35. The van der Waals surface area contributed by atoms with Crippen LogP contribution in [-0.2, 0) is 4.74 Å². The number of likely N-dealkylation sites (tertiary alicyclic amines) is 1. The maximum absolute atomic E-state index is 12.1. The first-order valence-corrected chi connectivity index (χ1v) is 8.48. The Bertz CT molecular complexity index is 537. The quantitative estimate of drug-likeness (QED) is 0.899. The summed E-state index contributed by atoms with van der Waals surface area (Å²) in [7, 11) is 0. The maximum Gasteiger partial charge on any atom is 0.413 e. The number of hydrogen-bond acceptors (Lipinski definition) is 4. The predicted octanol–water partition coefficient (Wildman–Crippen LogP) is 4.36. The van der Waals surface area contributed by atoms with Crippen molar-refractivity contribution in [3.8, 4) is 0 Å². The first-order valence-electron chi connectivity index (χ1n) is 8.48. The number of nitrogens with zero attached hydrogens (tertiary/aromatic N) is 2. The van der Waals surface area contributed by atoms with Crippen LogP contribution in [-0.4, -0.2) is 34.2 Å². The van der Waals surface area contributed by atoms with Gasteiger partial charge in [0, 0.05) is 23.8 Å². The number of anilines is 1. The van der Waals surface area contributed by atoms with E-state index in [1.165, 1.54) is 12.8 Å². The van der Waals surface area contributed by atoms with Crippen molar-refractivity contribution in [1.82, 2.24) is 9.88 Å². The number of amides is 1. The molecule has 0 spiro atoms. The molecule has 2 heterocycles. The van der Waals surface area contributed by atoms with Gasteiger partial charge < -0.3 is 4.74 Å². The number of carbonyl (C=O) groups excluding carboxylic acids is 1. The Morgan fingerprint density at radius 3 is 2.78 bits per heavy atom. The fraction of sp³-hybridized carbons (Fsp3) is 0.667. The van der Waals surface area contributed by atoms with Crippen LogP contribution in [0.4, 0.5) is 10.6 Å². The van der Waals surface area contributed by atoms with Gasteiger partial charge >= 0.3 is 6.09 Å². The van der Waals surface area contributed by atoms with E-state index in [4.69, 9.17) is 4.74 Å². The molecule has 0 aliphatic carbocycles. The molecule has 5 heteroatoms. The Labute approximate surface area is 139 Å². The Kier molecular flexibility index (Phi) is 5.63. The molecule has 1 amide bonds. The van der Waals surface area contributed by atoms with Crippen LogP contribution in [0.25, 0.3) is 0 Å². The van der Waals surface area contributed by atoms with Gasteiger partial charge in [0.05, 0.1) is 0 Å². The van der Waals surface area contributed by atoms with Gasteiger partial charge in [0.2, 0.25) is 0 Å². The average molecular weight is 319 g/mol. The van der Waals surface area contributed by atoms with Crippen LogP contribution in [0.5, 0.6) is 0 Å². The summed E-state index contributed by atoms with van der Waals surface area (Å²) >= 11 is 0. The van der Waals surface area contributed by atoms with Crippen molar-refractivity contribution in [2.24, 2.45) is 0 Å². The largest absolute Gasteiger partial charge is 0.444 e. The number of hydrogen-bond donors (Lipinski definition) is 1. The van der Waals surface area contributed by atoms with E-state index in [0.29, 0.717) is 17.9 Å². The molecule has 1 N–H and O–H groups in total. The second-order valence-corrected chi connectivity index (χ2v) is 7.41. The lowest BCUT2D eigenvalue weighted by Crippen LogP contribution is -2.39. The summed E-state index contributed by atoms with van der Waals surface area (Å²) in [4.78, 5) is 19.0. The topological polar surface area (TPSA) is 54.5 Å². The number of ether oxygens (including phenoxy) is 1. The lowest BCUT2D eigenvalue weighted by molar-refractivity contribution is 0.0634. The molecule has 1 aromatic rings. The molecule has 2 rings (SSSR count). The first kappa shape index (κ1) is 17.7. The minimum atomic E-state index is -0.520. The van der Waals surface area contributed by atoms with E-state index in [1.807, 2.05) is 26.8 Å². The monoisotopic (exact) mass is 319 g/mol. The Morgan fingerprint density at radius 1 is 1.39 bits per heavy atom. The summed E-state index contributed by atoms with van der Waals surface area (Å²) < 4.78 is 5.35. The Hall–Kier alpha value is -1.62. The summed E-state index contributed by atoms with van der Waals surface area (Å²) in [5.74, 6) is 0.610. The Balaban J connectivity index is 2.21. The number of pyridine rings is 1. The molecular weight excluding hydrogens is 290 g/mol. The van der Waals surface area contributed by atoms with Gasteiger partial charge in [-0.2, -0.15) is 0 Å². The van der Waals surface area contributed by atoms with Crippen LogP contribution in [0.1, 0.15) is 65.5 Å². The van der Waals surface area contributed by atoms with Gasteiger partial charge in [0.25, 0.3) is 0 Å². The van der Waals surface area contributed by atoms with Crippen LogP contribution >= 0.6 is 0 Å². The third kappa shape index (κ3) is 4.93. The van der Waals surface area contributed by atoms with Crippen molar-refractivity contribution in [2.45, 2.75) is 71.6 Å². The zero-order valence-electron chi connectivity index (χ0n) is 14.9. The summed E-state index contributed by atoms with van der Waals surface area (Å²) in [5.41, 5.74) is 0.556. The van der Waals surface area contributed by atoms with Crippen molar-refractivity contribution in [1.29, 1.82) is 0 Å². The predicted molar refractivity (Wildman–Crippen MR) is 92.5 cm³/mol. The molecule has 1 aliphatic rings. The molecule has 0 aromatic carbocycles. The van der Waals surface area contributed by atoms with Gasteiger partial charge in [-0.3, -0.25) is 10.2 Å². The molecule has 1 fully saturated rings. The fourth-order valence-corrected chi connectivity index (χ4v) is 3.10. The number of aromatic nitrogens is 1. The summed E-state index contributed by atoms with van der Waals surface area (Å²) in [6.45, 7) is 11.1. The minimum Gasteiger partial charge on any atom is -0.444 e. The van der Waals surface area contributed by atoms with Crippen molar-refractivity contribution in [2.75, 3.05) is 11.9 Å². The van der Waals surface area contributed by atoms with Crippen molar-refractivity contribution >= 4 is 11.9 Å². The summed E-state index contributed by atoms with van der Waals surface area (Å²) in [6, 6.07) is 4.76. The standard InChI is InChI=1S/C18H29N3O2/c1-13(2)21-12-7-6-10-15(21)14-9-8-11-19-16(14)20-17(22)23-18(3,4)5/h8-9,11,13,15H,6-7,10,12H2,1-5H3,(H,19,20,22). The second-order valence-electron chi connectivity index (χ2n) is 7.41. The van der Waals surface area contributed by atoms with Crippen LogP contribution in [0.15, 0.2) is 18.3 Å². The van der Waals surface area contributed by atoms with Gasteiger partial charge in [0.15, 0.2) is 0 Å². The second kappa shape index (κ2) is 7.30. The van der Waals surface area contributed by atoms with Gasteiger partial charge in [-0.1, -0.05) is 12.5 Å². The molecule has 1 atom stereocenters. The zero-order chi connectivity index (χ0) is 17.0. The number of carbonyl (C=O) groups is 1. The van der Waals surface area contributed by atoms with E-state index in [-0.39, 0.29) is 0 Å². The Morgan fingerprint density at radius 2 is 2.13 bits per heavy atom. The molecule has 0 radical (unpaired) electrons. The molecule has 23 heavy (non-hydrogen) atoms. The molecule has 1 saturated heterocycles. The van der Waals surface area contributed by atoms with Crippen LogP contribution in [0.2, 0.25) is 0 Å². The lowest BCUT2D eigenvalue weighted by atomic mass is 9.94. The summed E-state index contributed by atoms with van der Waals surface area (Å²) in [5, 5.41) is 2.82. The molecule has 128 valence electrons. The molecule has 1 unspecified atom stereocenters. The highest BCUT2D eigenvalue weighted by Gasteiger charge is 2.28. The van der Waals surface area contributed by atoms with Gasteiger partial charge in [-0.15, -0.1) is 0 Å². The van der Waals surface area contributed by atoms with Crippen LogP contribution in [0, 0.1) is 0 Å². The van der Waals surface area contributed by atoms with Crippen LogP contribution in [0.3, 0.4) is 0 Å². The molecule has 0 bridgehead atoms. The molecule has 5 nitrogen and oxygen atoms in total.